The molecule has 3 N–H and O–H groups in total. The van der Waals surface area contributed by atoms with Gasteiger partial charge in [-0.25, -0.2) is 9.59 Å². The van der Waals surface area contributed by atoms with Crippen LogP contribution >= 0.6 is 0 Å². The zero-order chi connectivity index (χ0) is 17.3. The Kier molecular flexibility index (Phi) is 8.18. The number of hydrogen-bond donors (Lipinski definition) is 3. The van der Waals surface area contributed by atoms with Crippen LogP contribution in [0.4, 0.5) is 4.79 Å². The lowest BCUT2D eigenvalue weighted by atomic mass is 10.1. The van der Waals surface area contributed by atoms with E-state index in [0.29, 0.717) is 0 Å². The third-order valence-corrected chi connectivity index (χ3v) is 2.25. The Morgan fingerprint density at radius 2 is 1.91 bits per heavy atom. The highest BCUT2D eigenvalue weighted by Gasteiger charge is 2.26. The summed E-state index contributed by atoms with van der Waals surface area (Å²) in [6.45, 7) is 8.30. The molecule has 0 aliphatic carbocycles. The molecule has 0 bridgehead atoms. The minimum absolute atomic E-state index is 0.0708. The molecule has 0 fully saturated rings. The van der Waals surface area contributed by atoms with Gasteiger partial charge in [0, 0.05) is 6.42 Å². The molecule has 0 aromatic rings. The lowest BCUT2D eigenvalue weighted by Crippen LogP contribution is -2.43. The highest BCUT2D eigenvalue weighted by Crippen LogP contribution is 2.11. The van der Waals surface area contributed by atoms with Gasteiger partial charge in [0.2, 0.25) is 0 Å². The van der Waals surface area contributed by atoms with Crippen molar-refractivity contribution in [1.29, 1.82) is 0 Å². The Morgan fingerprint density at radius 3 is 2.36 bits per heavy atom. The van der Waals surface area contributed by atoms with E-state index in [1.165, 1.54) is 6.08 Å². The summed E-state index contributed by atoms with van der Waals surface area (Å²) in [5.41, 5.74) is -0.699. The van der Waals surface area contributed by atoms with Crippen LogP contribution in [0.5, 0.6) is 0 Å². The molecule has 0 saturated carbocycles. The first kappa shape index (κ1) is 19.9. The Hall–Kier alpha value is -2.09. The third-order valence-electron chi connectivity index (χ3n) is 2.25. The van der Waals surface area contributed by atoms with Crippen LogP contribution in [0.15, 0.2) is 12.7 Å². The zero-order valence-corrected chi connectivity index (χ0v) is 13.0. The van der Waals surface area contributed by atoms with Crippen molar-refractivity contribution in [3.8, 4) is 0 Å². The number of alkyl carbamates (subject to hydrolysis) is 1. The van der Waals surface area contributed by atoms with Crippen LogP contribution in [0.25, 0.3) is 0 Å². The monoisotopic (exact) mass is 317 g/mol. The van der Waals surface area contributed by atoms with Crippen molar-refractivity contribution in [3.05, 3.63) is 12.7 Å². The summed E-state index contributed by atoms with van der Waals surface area (Å²) in [6, 6.07) is -1.38. The maximum atomic E-state index is 11.5. The number of aliphatic hydroxyl groups excluding tert-OH is 1. The summed E-state index contributed by atoms with van der Waals surface area (Å²) in [6.07, 6.45) is -1.61. The van der Waals surface area contributed by atoms with Crippen molar-refractivity contribution < 1.29 is 34.1 Å². The fraction of sp³-hybridized carbons (Fsp3) is 0.643. The van der Waals surface area contributed by atoms with E-state index in [4.69, 9.17) is 9.84 Å². The molecule has 0 rings (SSSR count). The Bertz CT molecular complexity index is 414. The van der Waals surface area contributed by atoms with Crippen LogP contribution < -0.4 is 5.32 Å². The number of esters is 1. The first-order valence-corrected chi connectivity index (χ1v) is 6.72. The average Bonchev–Trinajstić information content (AvgIpc) is 2.32. The second-order valence-electron chi connectivity index (χ2n) is 5.60. The molecule has 1 amide bonds. The van der Waals surface area contributed by atoms with Gasteiger partial charge in [-0.15, -0.1) is 0 Å². The Balaban J connectivity index is 4.43. The number of nitrogens with one attached hydrogen (secondary N) is 1. The predicted octanol–water partition coefficient (Wildman–Crippen LogP) is 0.835. The van der Waals surface area contributed by atoms with Gasteiger partial charge < -0.3 is 25.0 Å². The molecule has 0 aliphatic heterocycles. The summed E-state index contributed by atoms with van der Waals surface area (Å²) < 4.78 is 9.61. The first-order chi connectivity index (χ1) is 10.0. The third kappa shape index (κ3) is 9.76. The molecule has 0 spiro atoms. The van der Waals surface area contributed by atoms with Crippen LogP contribution in [0, 0.1) is 0 Å². The first-order valence-electron chi connectivity index (χ1n) is 6.72. The van der Waals surface area contributed by atoms with Crippen molar-refractivity contribution in [2.45, 2.75) is 51.4 Å². The molecule has 0 saturated heterocycles. The summed E-state index contributed by atoms with van der Waals surface area (Å²) in [5.74, 6) is -2.00. The van der Waals surface area contributed by atoms with Gasteiger partial charge >= 0.3 is 18.0 Å². The molecule has 126 valence electrons. The normalized spacial score (nSPS) is 13.6. The van der Waals surface area contributed by atoms with E-state index in [-0.39, 0.29) is 19.4 Å². The predicted molar refractivity (Wildman–Crippen MR) is 77.2 cm³/mol. The van der Waals surface area contributed by atoms with Gasteiger partial charge in [-0.2, -0.15) is 0 Å². The Labute approximate surface area is 129 Å². The smallest absolute Gasteiger partial charge is 0.408 e. The van der Waals surface area contributed by atoms with Crippen molar-refractivity contribution in [3.63, 3.8) is 0 Å². The molecule has 0 aromatic heterocycles. The van der Waals surface area contributed by atoms with E-state index in [1.54, 1.807) is 20.8 Å². The highest BCUT2D eigenvalue weighted by molar-refractivity contribution is 5.80. The second-order valence-corrected chi connectivity index (χ2v) is 5.60. The van der Waals surface area contributed by atoms with Crippen molar-refractivity contribution in [1.82, 2.24) is 5.32 Å². The molecule has 0 heterocycles. The van der Waals surface area contributed by atoms with Crippen LogP contribution in [0.1, 0.15) is 33.6 Å². The fourth-order valence-electron chi connectivity index (χ4n) is 1.47. The molecule has 2 atom stereocenters. The van der Waals surface area contributed by atoms with Gasteiger partial charge in [-0.3, -0.25) is 4.79 Å². The lowest BCUT2D eigenvalue weighted by Gasteiger charge is -2.21. The summed E-state index contributed by atoms with van der Waals surface area (Å²) >= 11 is 0. The second kappa shape index (κ2) is 9.04. The molecular weight excluding hydrogens is 294 g/mol. The number of aliphatic carboxylic acids is 1. The quantitative estimate of drug-likeness (QED) is 0.448. The minimum Gasteiger partial charge on any atom is -0.480 e. The average molecular weight is 317 g/mol. The van der Waals surface area contributed by atoms with Gasteiger partial charge in [-0.05, 0) is 20.8 Å². The molecule has 0 aliphatic rings. The van der Waals surface area contributed by atoms with E-state index in [9.17, 15) is 19.5 Å². The number of carbonyl (C=O) groups excluding carboxylic acids is 2. The molecule has 8 heteroatoms. The van der Waals surface area contributed by atoms with Crippen LogP contribution in [-0.2, 0) is 19.1 Å². The van der Waals surface area contributed by atoms with Crippen LogP contribution in [-0.4, -0.2) is 52.6 Å². The number of amides is 1. The van der Waals surface area contributed by atoms with Crippen LogP contribution in [0.2, 0.25) is 0 Å². The van der Waals surface area contributed by atoms with Gasteiger partial charge in [0.1, 0.15) is 18.2 Å². The standard InChI is InChI=1S/C14H23NO7/c1-5-6-21-13(20)15-10(12(18)19)7-9(16)8-11(17)22-14(2,3)4/h5,9-10,16H,1,6-8H2,2-4H3,(H,15,20)(H,18,19)/t9-,10+/m1/s1. The molecule has 0 radical (unpaired) electrons. The van der Waals surface area contributed by atoms with Gasteiger partial charge in [-0.1, -0.05) is 12.7 Å². The number of carboxylic acids is 1. The number of hydrogen-bond acceptors (Lipinski definition) is 6. The summed E-state index contributed by atoms with van der Waals surface area (Å²) in [5, 5.41) is 20.8. The SMILES string of the molecule is C=CCOC(=O)N[C@@H](C[C@@H](O)CC(=O)OC(C)(C)C)C(=O)O. The van der Waals surface area contributed by atoms with E-state index < -0.39 is 35.8 Å². The van der Waals surface area contributed by atoms with Gasteiger partial charge in [0.25, 0.3) is 0 Å². The zero-order valence-electron chi connectivity index (χ0n) is 13.0. The summed E-state index contributed by atoms with van der Waals surface area (Å²) in [4.78, 5) is 33.9. The van der Waals surface area contributed by atoms with E-state index in [2.05, 4.69) is 16.6 Å². The van der Waals surface area contributed by atoms with E-state index in [1.807, 2.05) is 0 Å². The summed E-state index contributed by atoms with van der Waals surface area (Å²) in [7, 11) is 0. The number of rotatable bonds is 8. The maximum Gasteiger partial charge on any atom is 0.408 e. The number of carboxylic acid groups (broad SMARTS) is 1. The molecule has 0 aromatic carbocycles. The molecule has 0 unspecified atom stereocenters. The topological polar surface area (TPSA) is 122 Å². The largest absolute Gasteiger partial charge is 0.480 e. The Morgan fingerprint density at radius 1 is 1.32 bits per heavy atom. The highest BCUT2D eigenvalue weighted by atomic mass is 16.6. The number of carbonyl (C=O) groups is 3. The van der Waals surface area contributed by atoms with Crippen molar-refractivity contribution in [2.24, 2.45) is 0 Å². The van der Waals surface area contributed by atoms with Gasteiger partial charge in [0.15, 0.2) is 0 Å². The van der Waals surface area contributed by atoms with Crippen LogP contribution in [0.3, 0.4) is 0 Å². The van der Waals surface area contributed by atoms with Crippen molar-refractivity contribution in [2.75, 3.05) is 6.61 Å². The number of aliphatic hydroxyl groups is 1. The van der Waals surface area contributed by atoms with E-state index >= 15 is 0 Å². The van der Waals surface area contributed by atoms with E-state index in [0.717, 1.165) is 0 Å². The minimum atomic E-state index is -1.38. The molecular formula is C14H23NO7. The molecule has 8 nitrogen and oxygen atoms in total. The van der Waals surface area contributed by atoms with Gasteiger partial charge in [0.05, 0.1) is 12.5 Å². The fourth-order valence-corrected chi connectivity index (χ4v) is 1.47. The lowest BCUT2D eigenvalue weighted by molar-refractivity contribution is -0.157. The number of ether oxygens (including phenoxy) is 2. The maximum absolute atomic E-state index is 11.5. The molecule has 22 heavy (non-hydrogen) atoms. The van der Waals surface area contributed by atoms with Crippen molar-refractivity contribution >= 4 is 18.0 Å².